The highest BCUT2D eigenvalue weighted by molar-refractivity contribution is 5.85. The van der Waals surface area contributed by atoms with E-state index in [0.29, 0.717) is 25.5 Å². The normalized spacial score (nSPS) is 15.5. The number of aryl methyl sites for hydroxylation is 1. The van der Waals surface area contributed by atoms with Crippen molar-refractivity contribution in [3.8, 4) is 0 Å². The van der Waals surface area contributed by atoms with Crippen molar-refractivity contribution in [2.45, 2.75) is 32.7 Å². The van der Waals surface area contributed by atoms with E-state index in [0.717, 1.165) is 30.6 Å². The number of hydrogen-bond donors (Lipinski definition) is 1. The quantitative estimate of drug-likeness (QED) is 0.870. The lowest BCUT2D eigenvalue weighted by atomic mass is 10.1. The summed E-state index contributed by atoms with van der Waals surface area (Å²) >= 11 is 0. The molecular weight excluding hydrogens is 363 g/mol. The highest BCUT2D eigenvalue weighted by Gasteiger charge is 2.23. The van der Waals surface area contributed by atoms with Crippen LogP contribution in [0.1, 0.15) is 25.3 Å². The molecule has 0 spiro atoms. The summed E-state index contributed by atoms with van der Waals surface area (Å²) in [5.74, 6) is 0.190. The fraction of sp³-hybridized carbons (Fsp3) is 0.529. The van der Waals surface area contributed by atoms with Crippen LogP contribution in [0.5, 0.6) is 0 Å². The summed E-state index contributed by atoms with van der Waals surface area (Å²) in [6.45, 7) is 6.87. The fourth-order valence-electron chi connectivity index (χ4n) is 2.82. The molecule has 8 heteroatoms. The number of piperazine rings is 1. The summed E-state index contributed by atoms with van der Waals surface area (Å²) in [5, 5.41) is 0. The van der Waals surface area contributed by atoms with E-state index in [2.05, 4.69) is 9.88 Å². The van der Waals surface area contributed by atoms with Gasteiger partial charge < -0.3 is 20.0 Å². The summed E-state index contributed by atoms with van der Waals surface area (Å²) < 4.78 is 5.83. The fourth-order valence-corrected chi connectivity index (χ4v) is 2.82. The molecule has 0 aliphatic carbocycles. The smallest absolute Gasteiger partial charge is 0.298 e. The average Bonchev–Trinajstić information content (AvgIpc) is 2.95. The lowest BCUT2D eigenvalue weighted by Crippen LogP contribution is -2.49. The topological polar surface area (TPSA) is 75.6 Å². The van der Waals surface area contributed by atoms with Crippen LogP contribution in [0.25, 0.3) is 11.1 Å². The zero-order valence-corrected chi connectivity index (χ0v) is 16.2. The first-order valence-electron chi connectivity index (χ1n) is 8.18. The molecule has 1 aliphatic heterocycles. The third-order valence-electron chi connectivity index (χ3n) is 4.25. The number of anilines is 1. The van der Waals surface area contributed by atoms with Crippen molar-refractivity contribution < 1.29 is 9.21 Å². The van der Waals surface area contributed by atoms with Gasteiger partial charge in [0, 0.05) is 38.6 Å². The molecule has 1 fully saturated rings. The lowest BCUT2D eigenvalue weighted by Gasteiger charge is -2.34. The maximum absolute atomic E-state index is 12.1. The van der Waals surface area contributed by atoms with Gasteiger partial charge in [-0.25, -0.2) is 0 Å². The number of halogens is 2. The second-order valence-electron chi connectivity index (χ2n) is 6.35. The summed E-state index contributed by atoms with van der Waals surface area (Å²) in [4.78, 5) is 20.7. The van der Waals surface area contributed by atoms with E-state index in [1.54, 1.807) is 0 Å². The lowest BCUT2D eigenvalue weighted by molar-refractivity contribution is -0.131. The second kappa shape index (κ2) is 9.27. The average molecular weight is 389 g/mol. The van der Waals surface area contributed by atoms with Gasteiger partial charge in [0.1, 0.15) is 5.52 Å². The van der Waals surface area contributed by atoms with Crippen LogP contribution in [0.4, 0.5) is 6.01 Å². The predicted molar refractivity (Wildman–Crippen MR) is 105 cm³/mol. The number of nitrogens with zero attached hydrogens (tertiary/aromatic N) is 3. The van der Waals surface area contributed by atoms with Gasteiger partial charge in [0.15, 0.2) is 5.58 Å². The highest BCUT2D eigenvalue weighted by atomic mass is 35.5. The molecule has 1 aliphatic rings. The number of fused-ring (bicyclic) bond motifs is 1. The zero-order valence-electron chi connectivity index (χ0n) is 14.6. The summed E-state index contributed by atoms with van der Waals surface area (Å²) in [6.07, 6.45) is 1.27. The van der Waals surface area contributed by atoms with Crippen LogP contribution in [-0.2, 0) is 4.79 Å². The molecule has 1 unspecified atom stereocenters. The Kier molecular flexibility index (Phi) is 7.99. The maximum atomic E-state index is 12.1. The molecule has 1 aromatic carbocycles. The predicted octanol–water partition coefficient (Wildman–Crippen LogP) is 2.76. The molecule has 6 nitrogen and oxygen atoms in total. The van der Waals surface area contributed by atoms with Gasteiger partial charge in [-0.15, -0.1) is 24.8 Å². The van der Waals surface area contributed by atoms with Crippen LogP contribution in [0.3, 0.4) is 0 Å². The van der Waals surface area contributed by atoms with Crippen molar-refractivity contribution in [1.82, 2.24) is 9.88 Å². The first kappa shape index (κ1) is 21.5. The van der Waals surface area contributed by atoms with Gasteiger partial charge in [-0.1, -0.05) is 6.07 Å². The minimum atomic E-state index is 0. The van der Waals surface area contributed by atoms with E-state index in [9.17, 15) is 4.79 Å². The van der Waals surface area contributed by atoms with Crippen LogP contribution in [0.15, 0.2) is 22.6 Å². The number of benzene rings is 1. The van der Waals surface area contributed by atoms with E-state index < -0.39 is 0 Å². The third-order valence-corrected chi connectivity index (χ3v) is 4.25. The maximum Gasteiger partial charge on any atom is 0.298 e. The molecule has 2 N–H and O–H groups in total. The molecule has 0 bridgehead atoms. The number of nitrogens with two attached hydrogens (primary N) is 1. The van der Waals surface area contributed by atoms with Crippen molar-refractivity contribution >= 4 is 47.8 Å². The van der Waals surface area contributed by atoms with E-state index in [1.807, 2.05) is 36.9 Å². The first-order chi connectivity index (χ1) is 11.0. The van der Waals surface area contributed by atoms with Gasteiger partial charge in [-0.05, 0) is 38.0 Å². The van der Waals surface area contributed by atoms with Gasteiger partial charge in [-0.2, -0.15) is 4.98 Å². The van der Waals surface area contributed by atoms with Gasteiger partial charge in [0.25, 0.3) is 6.01 Å². The van der Waals surface area contributed by atoms with Crippen molar-refractivity contribution in [2.75, 3.05) is 31.1 Å². The number of oxazole rings is 1. The molecule has 140 valence electrons. The van der Waals surface area contributed by atoms with Crippen molar-refractivity contribution in [3.63, 3.8) is 0 Å². The first-order valence-corrected chi connectivity index (χ1v) is 8.18. The summed E-state index contributed by atoms with van der Waals surface area (Å²) in [7, 11) is 0. The Morgan fingerprint density at radius 1 is 1.28 bits per heavy atom. The number of aromatic nitrogens is 1. The molecule has 1 saturated heterocycles. The number of amides is 1. The standard InChI is InChI=1S/C17H24N4O2.2ClH/c1-12-3-5-15-14(11-12)19-17(23-15)21-9-7-20(8-10-21)16(22)6-4-13(2)18;;/h3,5,11,13H,4,6-10,18H2,1-2H3;2*1H. The molecular formula is C17H26Cl2N4O2. The molecule has 25 heavy (non-hydrogen) atoms. The van der Waals surface area contributed by atoms with Crippen LogP contribution in [0.2, 0.25) is 0 Å². The van der Waals surface area contributed by atoms with Crippen molar-refractivity contribution in [2.24, 2.45) is 5.73 Å². The minimum Gasteiger partial charge on any atom is -0.423 e. The van der Waals surface area contributed by atoms with Crippen LogP contribution >= 0.6 is 24.8 Å². The summed E-state index contributed by atoms with van der Waals surface area (Å²) in [6, 6.07) is 6.72. The molecule has 1 atom stereocenters. The molecule has 3 rings (SSSR count). The van der Waals surface area contributed by atoms with Gasteiger partial charge in [0.05, 0.1) is 0 Å². The Balaban J connectivity index is 0.00000156. The van der Waals surface area contributed by atoms with E-state index >= 15 is 0 Å². The SMILES string of the molecule is Cc1ccc2oc(N3CCN(C(=O)CCC(C)N)CC3)nc2c1.Cl.Cl. The van der Waals surface area contributed by atoms with Crippen LogP contribution in [0, 0.1) is 6.92 Å². The van der Waals surface area contributed by atoms with Gasteiger partial charge >= 0.3 is 0 Å². The van der Waals surface area contributed by atoms with Crippen LogP contribution < -0.4 is 10.6 Å². The molecule has 0 radical (unpaired) electrons. The molecule has 2 aromatic rings. The second-order valence-corrected chi connectivity index (χ2v) is 6.35. The third kappa shape index (κ3) is 5.23. The van der Waals surface area contributed by atoms with Crippen molar-refractivity contribution in [3.05, 3.63) is 23.8 Å². The number of hydrogen-bond acceptors (Lipinski definition) is 5. The Labute approximate surface area is 160 Å². The Morgan fingerprint density at radius 2 is 1.96 bits per heavy atom. The van der Waals surface area contributed by atoms with Crippen molar-refractivity contribution in [1.29, 1.82) is 0 Å². The van der Waals surface area contributed by atoms with E-state index in [4.69, 9.17) is 10.2 Å². The largest absolute Gasteiger partial charge is 0.423 e. The van der Waals surface area contributed by atoms with Gasteiger partial charge in [-0.3, -0.25) is 4.79 Å². The Morgan fingerprint density at radius 3 is 2.60 bits per heavy atom. The zero-order chi connectivity index (χ0) is 16.4. The Bertz CT molecular complexity index is 697. The van der Waals surface area contributed by atoms with Crippen LogP contribution in [-0.4, -0.2) is 48.0 Å². The van der Waals surface area contributed by atoms with E-state index in [1.165, 1.54) is 5.56 Å². The Hall–Kier alpha value is -1.50. The molecule has 2 heterocycles. The molecule has 0 saturated carbocycles. The minimum absolute atomic E-state index is 0. The highest BCUT2D eigenvalue weighted by Crippen LogP contribution is 2.23. The monoisotopic (exact) mass is 388 g/mol. The molecule has 1 aromatic heterocycles. The molecule has 1 amide bonds. The number of rotatable bonds is 4. The number of carbonyl (C=O) groups is 1. The van der Waals surface area contributed by atoms with E-state index in [-0.39, 0.29) is 36.8 Å². The van der Waals surface area contributed by atoms with Gasteiger partial charge in [0.2, 0.25) is 5.91 Å². The summed E-state index contributed by atoms with van der Waals surface area (Å²) in [5.41, 5.74) is 8.58. The number of carbonyl (C=O) groups excluding carboxylic acids is 1.